The lowest BCUT2D eigenvalue weighted by molar-refractivity contribution is -0.129. The second-order valence-electron chi connectivity index (χ2n) is 5.79. The normalized spacial score (nSPS) is 12.9. The third-order valence-corrected chi connectivity index (χ3v) is 3.51. The minimum Gasteiger partial charge on any atom is -0.481 e. The van der Waals surface area contributed by atoms with Crippen LogP contribution in [0.25, 0.3) is 0 Å². The molecule has 1 unspecified atom stereocenters. The molecule has 1 aromatic rings. The second-order valence-corrected chi connectivity index (χ2v) is 5.79. The predicted molar refractivity (Wildman–Crippen MR) is 81.7 cm³/mol. The minimum absolute atomic E-state index is 0.102. The van der Waals surface area contributed by atoms with Crippen molar-refractivity contribution in [1.82, 2.24) is 5.32 Å². The second kappa shape index (κ2) is 6.75. The van der Waals surface area contributed by atoms with E-state index in [1.807, 2.05) is 45.9 Å². The number of aryl methyl sites for hydroxylation is 1. The molecular weight excluding hydrogens is 252 g/mol. The van der Waals surface area contributed by atoms with Crippen LogP contribution in [0.2, 0.25) is 0 Å². The van der Waals surface area contributed by atoms with Crippen molar-refractivity contribution >= 4 is 5.91 Å². The highest BCUT2D eigenvalue weighted by Crippen LogP contribution is 2.21. The topological polar surface area (TPSA) is 64.3 Å². The van der Waals surface area contributed by atoms with E-state index in [0.717, 1.165) is 17.5 Å². The van der Waals surface area contributed by atoms with Crippen LogP contribution in [-0.4, -0.2) is 17.6 Å². The van der Waals surface area contributed by atoms with E-state index in [4.69, 9.17) is 10.5 Å². The van der Waals surface area contributed by atoms with Crippen LogP contribution >= 0.6 is 0 Å². The van der Waals surface area contributed by atoms with Gasteiger partial charge in [0.15, 0.2) is 6.10 Å². The third-order valence-electron chi connectivity index (χ3n) is 3.51. The van der Waals surface area contributed by atoms with Crippen molar-refractivity contribution in [3.63, 3.8) is 0 Å². The van der Waals surface area contributed by atoms with Crippen molar-refractivity contribution in [3.8, 4) is 5.75 Å². The number of hydrogen-bond acceptors (Lipinski definition) is 3. The van der Waals surface area contributed by atoms with Crippen molar-refractivity contribution in [1.29, 1.82) is 0 Å². The summed E-state index contributed by atoms with van der Waals surface area (Å²) in [6.45, 7) is 10.2. The molecular formula is C16H26N2O2. The van der Waals surface area contributed by atoms with Crippen LogP contribution in [0.4, 0.5) is 0 Å². The van der Waals surface area contributed by atoms with Gasteiger partial charge in [0.1, 0.15) is 5.75 Å². The van der Waals surface area contributed by atoms with Crippen molar-refractivity contribution in [2.24, 2.45) is 5.73 Å². The smallest absolute Gasteiger partial charge is 0.261 e. The van der Waals surface area contributed by atoms with Gasteiger partial charge in [0.2, 0.25) is 0 Å². The largest absolute Gasteiger partial charge is 0.481 e. The SMILES string of the molecule is CCC(C)(C)NC(=O)C(C)Oc1cc(CN)ccc1C. The fraction of sp³-hybridized carbons (Fsp3) is 0.562. The van der Waals surface area contributed by atoms with Crippen LogP contribution in [-0.2, 0) is 11.3 Å². The van der Waals surface area contributed by atoms with E-state index in [-0.39, 0.29) is 11.4 Å². The third kappa shape index (κ3) is 4.53. The number of carbonyl (C=O) groups excluding carboxylic acids is 1. The van der Waals surface area contributed by atoms with Crippen LogP contribution in [0.15, 0.2) is 18.2 Å². The standard InChI is InChI=1S/C16H26N2O2/c1-6-16(4,5)18-15(19)12(3)20-14-9-13(10-17)8-7-11(14)2/h7-9,12H,6,10,17H2,1-5H3,(H,18,19). The Morgan fingerprint density at radius 2 is 2.10 bits per heavy atom. The molecule has 4 nitrogen and oxygen atoms in total. The molecule has 112 valence electrons. The first-order valence-corrected chi connectivity index (χ1v) is 7.07. The molecule has 20 heavy (non-hydrogen) atoms. The van der Waals surface area contributed by atoms with Gasteiger partial charge in [-0.2, -0.15) is 0 Å². The van der Waals surface area contributed by atoms with E-state index in [1.165, 1.54) is 0 Å². The van der Waals surface area contributed by atoms with Gasteiger partial charge in [-0.25, -0.2) is 0 Å². The first-order valence-electron chi connectivity index (χ1n) is 7.07. The highest BCUT2D eigenvalue weighted by molar-refractivity contribution is 5.81. The maximum atomic E-state index is 12.1. The molecule has 1 amide bonds. The van der Waals surface area contributed by atoms with Gasteiger partial charge in [-0.1, -0.05) is 19.1 Å². The van der Waals surface area contributed by atoms with Gasteiger partial charge >= 0.3 is 0 Å². The van der Waals surface area contributed by atoms with Crippen LogP contribution in [0, 0.1) is 6.92 Å². The van der Waals surface area contributed by atoms with Gasteiger partial charge in [0, 0.05) is 12.1 Å². The van der Waals surface area contributed by atoms with Crippen LogP contribution < -0.4 is 15.8 Å². The summed E-state index contributed by atoms with van der Waals surface area (Å²) >= 11 is 0. The summed E-state index contributed by atoms with van der Waals surface area (Å²) < 4.78 is 5.77. The molecule has 0 aromatic heterocycles. The Kier molecular flexibility index (Phi) is 5.57. The molecule has 0 spiro atoms. The average molecular weight is 278 g/mol. The minimum atomic E-state index is -0.535. The lowest BCUT2D eigenvalue weighted by Crippen LogP contribution is -2.48. The van der Waals surface area contributed by atoms with E-state index in [2.05, 4.69) is 5.32 Å². The number of nitrogens with two attached hydrogens (primary N) is 1. The van der Waals surface area contributed by atoms with Crippen LogP contribution in [0.5, 0.6) is 5.75 Å². The molecule has 0 aliphatic carbocycles. The summed E-state index contributed by atoms with van der Waals surface area (Å²) in [6.07, 6.45) is 0.334. The summed E-state index contributed by atoms with van der Waals surface area (Å²) in [5.41, 5.74) is 7.40. The molecule has 3 N–H and O–H groups in total. The molecule has 4 heteroatoms. The average Bonchev–Trinajstić information content (AvgIpc) is 2.40. The van der Waals surface area contributed by atoms with Gasteiger partial charge < -0.3 is 15.8 Å². The summed E-state index contributed by atoms with van der Waals surface area (Å²) in [5, 5.41) is 2.99. The maximum absolute atomic E-state index is 12.1. The molecule has 0 heterocycles. The Morgan fingerprint density at radius 1 is 1.45 bits per heavy atom. The first kappa shape index (κ1) is 16.5. The van der Waals surface area contributed by atoms with Crippen molar-refractivity contribution in [2.75, 3.05) is 0 Å². The molecule has 0 saturated carbocycles. The van der Waals surface area contributed by atoms with Gasteiger partial charge in [-0.15, -0.1) is 0 Å². The lowest BCUT2D eigenvalue weighted by Gasteiger charge is -2.27. The van der Waals surface area contributed by atoms with Crippen LogP contribution in [0.1, 0.15) is 45.2 Å². The molecule has 1 aromatic carbocycles. The van der Waals surface area contributed by atoms with E-state index < -0.39 is 6.10 Å². The van der Waals surface area contributed by atoms with E-state index >= 15 is 0 Å². The molecule has 0 fully saturated rings. The summed E-state index contributed by atoms with van der Waals surface area (Å²) in [7, 11) is 0. The number of amides is 1. The Labute approximate surface area is 121 Å². The Morgan fingerprint density at radius 3 is 2.65 bits per heavy atom. The zero-order chi connectivity index (χ0) is 15.3. The highest BCUT2D eigenvalue weighted by atomic mass is 16.5. The molecule has 0 aliphatic rings. The maximum Gasteiger partial charge on any atom is 0.261 e. The fourth-order valence-electron chi connectivity index (χ4n) is 1.67. The van der Waals surface area contributed by atoms with Gasteiger partial charge in [-0.05, 0) is 51.3 Å². The van der Waals surface area contributed by atoms with E-state index in [9.17, 15) is 4.79 Å². The number of hydrogen-bond donors (Lipinski definition) is 2. The van der Waals surface area contributed by atoms with Gasteiger partial charge in [-0.3, -0.25) is 4.79 Å². The number of benzene rings is 1. The Balaban J connectivity index is 2.75. The number of rotatable bonds is 6. The molecule has 0 bridgehead atoms. The van der Waals surface area contributed by atoms with E-state index in [1.54, 1.807) is 6.92 Å². The molecule has 1 atom stereocenters. The number of carbonyl (C=O) groups is 1. The van der Waals surface area contributed by atoms with Crippen molar-refractivity contribution in [2.45, 2.75) is 59.2 Å². The molecule has 0 aliphatic heterocycles. The highest BCUT2D eigenvalue weighted by Gasteiger charge is 2.23. The Hall–Kier alpha value is -1.55. The zero-order valence-corrected chi connectivity index (χ0v) is 13.1. The number of ether oxygens (including phenoxy) is 1. The van der Waals surface area contributed by atoms with Crippen molar-refractivity contribution in [3.05, 3.63) is 29.3 Å². The van der Waals surface area contributed by atoms with E-state index in [0.29, 0.717) is 12.3 Å². The Bertz CT molecular complexity index is 470. The first-order chi connectivity index (χ1) is 9.29. The molecule has 1 rings (SSSR count). The zero-order valence-electron chi connectivity index (χ0n) is 13.1. The monoisotopic (exact) mass is 278 g/mol. The van der Waals surface area contributed by atoms with Gasteiger partial charge in [0.05, 0.1) is 0 Å². The lowest BCUT2D eigenvalue weighted by atomic mass is 10.0. The molecule has 0 saturated heterocycles. The predicted octanol–water partition coefficient (Wildman–Crippen LogP) is 2.53. The summed E-state index contributed by atoms with van der Waals surface area (Å²) in [4.78, 5) is 12.1. The van der Waals surface area contributed by atoms with Gasteiger partial charge in [0.25, 0.3) is 5.91 Å². The van der Waals surface area contributed by atoms with Crippen molar-refractivity contribution < 1.29 is 9.53 Å². The number of nitrogens with one attached hydrogen (secondary N) is 1. The summed E-state index contributed by atoms with van der Waals surface area (Å²) in [6, 6.07) is 5.81. The fourth-order valence-corrected chi connectivity index (χ4v) is 1.67. The quantitative estimate of drug-likeness (QED) is 0.840. The molecule has 0 radical (unpaired) electrons. The summed E-state index contributed by atoms with van der Waals surface area (Å²) in [5.74, 6) is 0.610. The van der Waals surface area contributed by atoms with Crippen LogP contribution in [0.3, 0.4) is 0 Å².